The van der Waals surface area contributed by atoms with Gasteiger partial charge >= 0.3 is 0 Å². The molecular weight excluding hydrogens is 323 g/mol. The van der Waals surface area contributed by atoms with Crippen LogP contribution >= 0.6 is 11.8 Å². The second-order valence-electron chi connectivity index (χ2n) is 4.55. The third-order valence-electron chi connectivity index (χ3n) is 2.92. The van der Waals surface area contributed by atoms with Gasteiger partial charge in [-0.25, -0.2) is 4.39 Å². The van der Waals surface area contributed by atoms with Crippen molar-refractivity contribution in [3.05, 3.63) is 52.0 Å². The summed E-state index contributed by atoms with van der Waals surface area (Å²) in [5.74, 6) is 6.23. The molecule has 0 amide bonds. The van der Waals surface area contributed by atoms with Gasteiger partial charge in [0.1, 0.15) is 11.5 Å². The molecule has 118 valence electrons. The lowest BCUT2D eigenvalue weighted by Gasteiger charge is -2.03. The second-order valence-corrected chi connectivity index (χ2v) is 5.49. The van der Waals surface area contributed by atoms with Crippen LogP contribution in [-0.4, -0.2) is 25.0 Å². The normalized spacial score (nSPS) is 10.9. The van der Waals surface area contributed by atoms with Crippen molar-refractivity contribution in [1.29, 1.82) is 0 Å². The third-order valence-corrected chi connectivity index (χ3v) is 3.84. The first-order chi connectivity index (χ1) is 11.0. The largest absolute Gasteiger partial charge is 0.338 e. The van der Waals surface area contributed by atoms with Gasteiger partial charge in [-0.05, 0) is 31.2 Å². The zero-order chi connectivity index (χ0) is 16.4. The molecule has 10 heteroatoms. The molecule has 23 heavy (non-hydrogen) atoms. The van der Waals surface area contributed by atoms with E-state index in [-0.39, 0.29) is 22.4 Å². The van der Waals surface area contributed by atoms with Crippen LogP contribution in [0.3, 0.4) is 0 Å². The Morgan fingerprint density at radius 1 is 1.30 bits per heavy atom. The first-order valence-corrected chi connectivity index (χ1v) is 7.46. The van der Waals surface area contributed by atoms with Crippen LogP contribution in [0.5, 0.6) is 0 Å². The summed E-state index contributed by atoms with van der Waals surface area (Å²) in [6.07, 6.45) is 0. The van der Waals surface area contributed by atoms with E-state index in [0.29, 0.717) is 17.3 Å². The van der Waals surface area contributed by atoms with E-state index in [2.05, 4.69) is 20.3 Å². The molecule has 2 aromatic heterocycles. The van der Waals surface area contributed by atoms with Gasteiger partial charge in [0.05, 0.1) is 5.75 Å². The Kier molecular flexibility index (Phi) is 4.06. The zero-order valence-electron chi connectivity index (χ0n) is 11.9. The van der Waals surface area contributed by atoms with Gasteiger partial charge in [-0.3, -0.25) is 4.79 Å². The second kappa shape index (κ2) is 6.16. The maximum atomic E-state index is 12.9. The van der Waals surface area contributed by atoms with Crippen LogP contribution in [0.1, 0.15) is 11.6 Å². The van der Waals surface area contributed by atoms with E-state index in [9.17, 15) is 9.18 Å². The number of benzene rings is 1. The SMILES string of the molecule is Cc1nnc(SCc2nc(-c3ccc(F)cc3)no2)n(N)c1=O. The predicted molar refractivity (Wildman–Crippen MR) is 80.4 cm³/mol. The highest BCUT2D eigenvalue weighted by Crippen LogP contribution is 2.21. The molecule has 0 atom stereocenters. The van der Waals surface area contributed by atoms with Crippen molar-refractivity contribution in [1.82, 2.24) is 25.0 Å². The lowest BCUT2D eigenvalue weighted by molar-refractivity contribution is 0.391. The van der Waals surface area contributed by atoms with Crippen molar-refractivity contribution in [2.24, 2.45) is 0 Å². The topological polar surface area (TPSA) is 113 Å². The summed E-state index contributed by atoms with van der Waals surface area (Å²) in [5.41, 5.74) is 0.436. The van der Waals surface area contributed by atoms with Gasteiger partial charge in [0.2, 0.25) is 16.9 Å². The van der Waals surface area contributed by atoms with Gasteiger partial charge < -0.3 is 10.4 Å². The molecule has 8 nitrogen and oxygen atoms in total. The fourth-order valence-electron chi connectivity index (χ4n) is 1.72. The number of thioether (sulfide) groups is 1. The summed E-state index contributed by atoms with van der Waals surface area (Å²) in [7, 11) is 0. The van der Waals surface area contributed by atoms with E-state index >= 15 is 0 Å². The number of nitrogens with zero attached hydrogens (tertiary/aromatic N) is 5. The Morgan fingerprint density at radius 2 is 2.04 bits per heavy atom. The fraction of sp³-hybridized carbons (Fsp3) is 0.154. The molecule has 3 rings (SSSR count). The fourth-order valence-corrected chi connectivity index (χ4v) is 2.41. The maximum Gasteiger partial charge on any atom is 0.294 e. The summed E-state index contributed by atoms with van der Waals surface area (Å²) in [4.78, 5) is 15.9. The molecule has 0 aliphatic rings. The van der Waals surface area contributed by atoms with E-state index in [1.54, 1.807) is 12.1 Å². The molecule has 0 spiro atoms. The van der Waals surface area contributed by atoms with Crippen LogP contribution in [0.2, 0.25) is 0 Å². The quantitative estimate of drug-likeness (QED) is 0.558. The number of rotatable bonds is 4. The molecule has 0 unspecified atom stereocenters. The molecule has 0 saturated carbocycles. The molecule has 1 aromatic carbocycles. The minimum Gasteiger partial charge on any atom is -0.338 e. The van der Waals surface area contributed by atoms with Gasteiger partial charge in [-0.2, -0.15) is 9.66 Å². The van der Waals surface area contributed by atoms with Crippen LogP contribution in [0, 0.1) is 12.7 Å². The van der Waals surface area contributed by atoms with E-state index in [4.69, 9.17) is 10.4 Å². The smallest absolute Gasteiger partial charge is 0.294 e. The van der Waals surface area contributed by atoms with Gasteiger partial charge in [-0.1, -0.05) is 16.9 Å². The Morgan fingerprint density at radius 3 is 2.78 bits per heavy atom. The Balaban J connectivity index is 1.74. The van der Waals surface area contributed by atoms with Crippen LogP contribution in [-0.2, 0) is 5.75 Å². The van der Waals surface area contributed by atoms with Crippen molar-refractivity contribution in [3.8, 4) is 11.4 Å². The highest BCUT2D eigenvalue weighted by atomic mass is 32.2. The maximum absolute atomic E-state index is 12.9. The summed E-state index contributed by atoms with van der Waals surface area (Å²) in [6.45, 7) is 1.53. The molecule has 0 bridgehead atoms. The van der Waals surface area contributed by atoms with Crippen LogP contribution in [0.4, 0.5) is 4.39 Å². The first-order valence-electron chi connectivity index (χ1n) is 6.47. The predicted octanol–water partition coefficient (Wildman–Crippen LogP) is 1.14. The average molecular weight is 334 g/mol. The molecule has 2 heterocycles. The molecule has 0 aliphatic heterocycles. The van der Waals surface area contributed by atoms with Crippen molar-refractivity contribution in [2.75, 3.05) is 5.84 Å². The summed E-state index contributed by atoms with van der Waals surface area (Å²) >= 11 is 1.14. The van der Waals surface area contributed by atoms with Crippen molar-refractivity contribution in [3.63, 3.8) is 0 Å². The van der Waals surface area contributed by atoms with E-state index in [0.717, 1.165) is 16.4 Å². The Bertz CT molecular complexity index is 892. The van der Waals surface area contributed by atoms with E-state index < -0.39 is 5.56 Å². The minimum atomic E-state index is -0.417. The van der Waals surface area contributed by atoms with Crippen molar-refractivity contribution in [2.45, 2.75) is 17.8 Å². The highest BCUT2D eigenvalue weighted by molar-refractivity contribution is 7.98. The van der Waals surface area contributed by atoms with Gasteiger partial charge in [-0.15, -0.1) is 10.2 Å². The molecule has 3 aromatic rings. The summed E-state index contributed by atoms with van der Waals surface area (Å²) in [5, 5.41) is 11.6. The van der Waals surface area contributed by atoms with E-state index in [1.165, 1.54) is 19.1 Å². The third kappa shape index (κ3) is 3.21. The number of aryl methyl sites for hydroxylation is 1. The molecule has 0 fully saturated rings. The molecular formula is C13H11FN6O2S. The molecule has 0 radical (unpaired) electrons. The summed E-state index contributed by atoms with van der Waals surface area (Å²) in [6, 6.07) is 5.74. The van der Waals surface area contributed by atoms with Crippen LogP contribution in [0.15, 0.2) is 38.7 Å². The highest BCUT2D eigenvalue weighted by Gasteiger charge is 2.12. The standard InChI is InChI=1S/C13H11FN6O2S/c1-7-12(21)20(15)13(18-17-7)23-6-10-16-11(19-22-10)8-2-4-9(14)5-3-8/h2-5H,6,15H2,1H3. The lowest BCUT2D eigenvalue weighted by atomic mass is 10.2. The van der Waals surface area contributed by atoms with E-state index in [1.807, 2.05) is 0 Å². The van der Waals surface area contributed by atoms with Crippen LogP contribution in [0.25, 0.3) is 11.4 Å². The first kappa shape index (κ1) is 15.2. The lowest BCUT2D eigenvalue weighted by Crippen LogP contribution is -2.32. The average Bonchev–Trinajstić information content (AvgIpc) is 3.02. The number of nitrogens with two attached hydrogens (primary N) is 1. The number of halogens is 1. The number of hydrogen-bond donors (Lipinski definition) is 1. The van der Waals surface area contributed by atoms with Gasteiger partial charge in [0.25, 0.3) is 5.56 Å². The van der Waals surface area contributed by atoms with Gasteiger partial charge in [0.15, 0.2) is 0 Å². The number of aromatic nitrogens is 5. The minimum absolute atomic E-state index is 0.216. The van der Waals surface area contributed by atoms with Crippen molar-refractivity contribution >= 4 is 11.8 Å². The molecule has 0 aliphatic carbocycles. The number of hydrogen-bond acceptors (Lipinski definition) is 8. The van der Waals surface area contributed by atoms with Crippen molar-refractivity contribution < 1.29 is 8.91 Å². The van der Waals surface area contributed by atoms with Crippen LogP contribution < -0.4 is 11.4 Å². The Labute approximate surface area is 133 Å². The number of nitrogen functional groups attached to an aromatic ring is 1. The monoisotopic (exact) mass is 334 g/mol. The van der Waals surface area contributed by atoms with Gasteiger partial charge in [0, 0.05) is 5.56 Å². The summed E-state index contributed by atoms with van der Waals surface area (Å²) < 4.78 is 18.9. The zero-order valence-corrected chi connectivity index (χ0v) is 12.7. The molecule has 2 N–H and O–H groups in total. The Hall–Kier alpha value is -2.75. The molecule has 0 saturated heterocycles.